The predicted octanol–water partition coefficient (Wildman–Crippen LogP) is 1.52. The molecule has 0 spiro atoms. The molecule has 1 aromatic carbocycles. The minimum Gasteiger partial charge on any atom is -0.394 e. The number of nitrogens with zero attached hydrogens (tertiary/aromatic N) is 3. The van der Waals surface area contributed by atoms with E-state index in [1.165, 1.54) is 11.2 Å². The molecule has 7 heteroatoms. The fourth-order valence-corrected chi connectivity index (χ4v) is 1.90. The van der Waals surface area contributed by atoms with Crippen LogP contribution in [0.4, 0.5) is 17.2 Å². The van der Waals surface area contributed by atoms with Crippen molar-refractivity contribution in [3.63, 3.8) is 0 Å². The fourth-order valence-electron chi connectivity index (χ4n) is 1.90. The van der Waals surface area contributed by atoms with Crippen molar-refractivity contribution in [1.29, 1.82) is 0 Å². The Morgan fingerprint density at radius 1 is 1.32 bits per heavy atom. The number of carbonyl (C=O) groups is 1. The van der Waals surface area contributed by atoms with Crippen LogP contribution in [-0.4, -0.2) is 22.4 Å². The standard InChI is InChI=1S/C15H20N6O/c1-3-8-18-15(22)11-4-6-12(7-5-11)21(17)14-13(16)9-19-10(2)20-14/h4-7,9H,3,8,16-17H2,1-2H3,(H,18,22). The van der Waals surface area contributed by atoms with Gasteiger partial charge in [0.05, 0.1) is 17.6 Å². The molecular weight excluding hydrogens is 280 g/mol. The molecule has 0 aliphatic rings. The third-order valence-corrected chi connectivity index (χ3v) is 3.09. The maximum absolute atomic E-state index is 11.9. The van der Waals surface area contributed by atoms with E-state index in [4.69, 9.17) is 11.6 Å². The lowest BCUT2D eigenvalue weighted by atomic mass is 10.2. The zero-order chi connectivity index (χ0) is 16.1. The Labute approximate surface area is 129 Å². The normalized spacial score (nSPS) is 10.3. The van der Waals surface area contributed by atoms with Crippen LogP contribution in [0, 0.1) is 6.92 Å². The average Bonchev–Trinajstić information content (AvgIpc) is 2.54. The monoisotopic (exact) mass is 300 g/mol. The van der Waals surface area contributed by atoms with Crippen LogP contribution in [0.15, 0.2) is 30.5 Å². The molecule has 7 nitrogen and oxygen atoms in total. The number of hydrazine groups is 1. The SMILES string of the molecule is CCCNC(=O)c1ccc(N(N)c2nc(C)ncc2N)cc1. The van der Waals surface area contributed by atoms with E-state index in [0.29, 0.717) is 35.1 Å². The van der Waals surface area contributed by atoms with Gasteiger partial charge in [-0.3, -0.25) is 9.80 Å². The second kappa shape index (κ2) is 6.86. The maximum Gasteiger partial charge on any atom is 0.251 e. The highest BCUT2D eigenvalue weighted by molar-refractivity contribution is 5.94. The van der Waals surface area contributed by atoms with E-state index in [0.717, 1.165) is 6.42 Å². The van der Waals surface area contributed by atoms with Crippen LogP contribution in [0.25, 0.3) is 0 Å². The van der Waals surface area contributed by atoms with Crippen molar-refractivity contribution in [3.05, 3.63) is 41.9 Å². The molecule has 0 atom stereocenters. The Morgan fingerprint density at radius 2 is 2.00 bits per heavy atom. The van der Waals surface area contributed by atoms with Crippen molar-refractivity contribution in [2.24, 2.45) is 5.84 Å². The van der Waals surface area contributed by atoms with Crippen molar-refractivity contribution in [3.8, 4) is 0 Å². The van der Waals surface area contributed by atoms with Crippen molar-refractivity contribution in [1.82, 2.24) is 15.3 Å². The zero-order valence-corrected chi connectivity index (χ0v) is 12.7. The molecule has 0 aliphatic carbocycles. The van der Waals surface area contributed by atoms with Gasteiger partial charge in [0.15, 0.2) is 5.82 Å². The lowest BCUT2D eigenvalue weighted by molar-refractivity contribution is 0.0953. The first-order valence-electron chi connectivity index (χ1n) is 7.05. The third kappa shape index (κ3) is 3.50. The number of nitrogens with two attached hydrogens (primary N) is 2. The number of amides is 1. The molecule has 5 N–H and O–H groups in total. The van der Waals surface area contributed by atoms with Crippen molar-refractivity contribution in [2.45, 2.75) is 20.3 Å². The summed E-state index contributed by atoms with van der Waals surface area (Å²) < 4.78 is 0. The number of benzene rings is 1. The van der Waals surface area contributed by atoms with E-state index in [1.807, 2.05) is 6.92 Å². The van der Waals surface area contributed by atoms with Gasteiger partial charge in [-0.25, -0.2) is 15.8 Å². The van der Waals surface area contributed by atoms with Gasteiger partial charge in [-0.2, -0.15) is 0 Å². The summed E-state index contributed by atoms with van der Waals surface area (Å²) >= 11 is 0. The molecule has 1 heterocycles. The maximum atomic E-state index is 11.9. The number of rotatable bonds is 5. The third-order valence-electron chi connectivity index (χ3n) is 3.09. The van der Waals surface area contributed by atoms with E-state index in [1.54, 1.807) is 31.2 Å². The van der Waals surface area contributed by atoms with Gasteiger partial charge >= 0.3 is 0 Å². The van der Waals surface area contributed by atoms with Crippen molar-refractivity contribution >= 4 is 23.1 Å². The van der Waals surface area contributed by atoms with Gasteiger partial charge < -0.3 is 11.1 Å². The first-order valence-corrected chi connectivity index (χ1v) is 7.05. The van der Waals surface area contributed by atoms with Gasteiger partial charge in [-0.15, -0.1) is 0 Å². The van der Waals surface area contributed by atoms with Crippen molar-refractivity contribution < 1.29 is 4.79 Å². The lowest BCUT2D eigenvalue weighted by Crippen LogP contribution is -2.28. The smallest absolute Gasteiger partial charge is 0.251 e. The van der Waals surface area contributed by atoms with Gasteiger partial charge in [0.1, 0.15) is 5.82 Å². The number of aromatic nitrogens is 2. The Hall–Kier alpha value is -2.67. The van der Waals surface area contributed by atoms with E-state index in [2.05, 4.69) is 15.3 Å². The number of anilines is 3. The molecule has 2 rings (SSSR count). The molecule has 0 bridgehead atoms. The quantitative estimate of drug-likeness (QED) is 0.570. The Bertz CT molecular complexity index is 656. The van der Waals surface area contributed by atoms with Crippen molar-refractivity contribution in [2.75, 3.05) is 17.3 Å². The summed E-state index contributed by atoms with van der Waals surface area (Å²) in [5, 5.41) is 4.19. The molecule has 2 aromatic rings. The molecule has 1 amide bonds. The van der Waals surface area contributed by atoms with Gasteiger partial charge in [-0.05, 0) is 37.6 Å². The predicted molar refractivity (Wildman–Crippen MR) is 86.6 cm³/mol. The number of carbonyl (C=O) groups excluding carboxylic acids is 1. The van der Waals surface area contributed by atoms with Crippen LogP contribution >= 0.6 is 0 Å². The summed E-state index contributed by atoms with van der Waals surface area (Å²) in [6.07, 6.45) is 2.41. The first-order chi connectivity index (χ1) is 10.5. The number of nitrogen functional groups attached to an aromatic ring is 1. The highest BCUT2D eigenvalue weighted by Crippen LogP contribution is 2.24. The summed E-state index contributed by atoms with van der Waals surface area (Å²) in [5.41, 5.74) is 7.50. The zero-order valence-electron chi connectivity index (χ0n) is 12.7. The molecule has 0 fully saturated rings. The number of aryl methyl sites for hydroxylation is 1. The van der Waals surface area contributed by atoms with Crippen LogP contribution in [0.2, 0.25) is 0 Å². The van der Waals surface area contributed by atoms with Crippen LogP contribution in [0.1, 0.15) is 29.5 Å². The Kier molecular flexibility index (Phi) is 4.90. The minimum absolute atomic E-state index is 0.102. The molecular formula is C15H20N6O. The van der Waals surface area contributed by atoms with E-state index in [-0.39, 0.29) is 5.91 Å². The van der Waals surface area contributed by atoms with Crippen LogP contribution < -0.4 is 21.9 Å². The summed E-state index contributed by atoms with van der Waals surface area (Å²) in [6.45, 7) is 4.42. The topological polar surface area (TPSA) is 110 Å². The van der Waals surface area contributed by atoms with Gasteiger partial charge in [0.25, 0.3) is 5.91 Å². The average molecular weight is 300 g/mol. The molecule has 0 saturated carbocycles. The van der Waals surface area contributed by atoms with Crippen LogP contribution in [-0.2, 0) is 0 Å². The molecule has 116 valence electrons. The Balaban J connectivity index is 2.19. The van der Waals surface area contributed by atoms with Gasteiger partial charge in [0.2, 0.25) is 0 Å². The fraction of sp³-hybridized carbons (Fsp3) is 0.267. The second-order valence-electron chi connectivity index (χ2n) is 4.87. The summed E-state index contributed by atoms with van der Waals surface area (Å²) in [5.74, 6) is 6.96. The largest absolute Gasteiger partial charge is 0.394 e. The molecule has 22 heavy (non-hydrogen) atoms. The number of hydrogen-bond acceptors (Lipinski definition) is 6. The number of hydrogen-bond donors (Lipinski definition) is 3. The van der Waals surface area contributed by atoms with E-state index >= 15 is 0 Å². The lowest BCUT2D eigenvalue weighted by Gasteiger charge is -2.19. The van der Waals surface area contributed by atoms with Crippen LogP contribution in [0.5, 0.6) is 0 Å². The number of nitrogens with one attached hydrogen (secondary N) is 1. The first kappa shape index (κ1) is 15.7. The molecule has 1 aromatic heterocycles. The highest BCUT2D eigenvalue weighted by atomic mass is 16.1. The minimum atomic E-state index is -0.102. The molecule has 0 radical (unpaired) electrons. The highest BCUT2D eigenvalue weighted by Gasteiger charge is 2.12. The molecule has 0 saturated heterocycles. The van der Waals surface area contributed by atoms with E-state index in [9.17, 15) is 4.79 Å². The van der Waals surface area contributed by atoms with Gasteiger partial charge in [-0.1, -0.05) is 6.92 Å². The van der Waals surface area contributed by atoms with Gasteiger partial charge in [0, 0.05) is 12.1 Å². The summed E-state index contributed by atoms with van der Waals surface area (Å²) in [7, 11) is 0. The summed E-state index contributed by atoms with van der Waals surface area (Å²) in [4.78, 5) is 20.1. The molecule has 0 unspecified atom stereocenters. The summed E-state index contributed by atoms with van der Waals surface area (Å²) in [6, 6.07) is 6.92. The molecule has 0 aliphatic heterocycles. The van der Waals surface area contributed by atoms with E-state index < -0.39 is 0 Å². The van der Waals surface area contributed by atoms with Crippen LogP contribution in [0.3, 0.4) is 0 Å². The Morgan fingerprint density at radius 3 is 2.64 bits per heavy atom. The second-order valence-corrected chi connectivity index (χ2v) is 4.87.